The molecule has 0 aromatic carbocycles. The summed E-state index contributed by atoms with van der Waals surface area (Å²) < 4.78 is 30.6. The van der Waals surface area contributed by atoms with E-state index < -0.39 is 15.7 Å². The molecule has 0 spiro atoms. The van der Waals surface area contributed by atoms with Gasteiger partial charge in [-0.15, -0.1) is 0 Å². The van der Waals surface area contributed by atoms with E-state index in [1.165, 1.54) is 0 Å². The number of aliphatic hydroxyl groups excluding tert-OH is 1. The van der Waals surface area contributed by atoms with Crippen molar-refractivity contribution in [3.8, 4) is 0 Å². The molecular formula is C5H10O5S. The molecule has 0 radical (unpaired) electrons. The molecule has 0 amide bonds. The van der Waals surface area contributed by atoms with Crippen molar-refractivity contribution in [3.05, 3.63) is 0 Å². The van der Waals surface area contributed by atoms with Gasteiger partial charge in [-0.3, -0.25) is 4.18 Å². The smallest absolute Gasteiger partial charge is 0.265 e. The summed E-state index contributed by atoms with van der Waals surface area (Å²) in [4.78, 5) is 0. The van der Waals surface area contributed by atoms with E-state index in [1.807, 2.05) is 0 Å². The van der Waals surface area contributed by atoms with Crippen molar-refractivity contribution < 1.29 is 22.4 Å². The maximum absolute atomic E-state index is 10.6. The number of ether oxygens (including phenoxy) is 1. The summed E-state index contributed by atoms with van der Waals surface area (Å²) in [5.74, 6) is 0. The van der Waals surface area contributed by atoms with Gasteiger partial charge >= 0.3 is 0 Å². The number of hydrogen-bond acceptors (Lipinski definition) is 5. The highest BCUT2D eigenvalue weighted by molar-refractivity contribution is 7.86. The number of aliphatic hydroxyl groups is 1. The maximum Gasteiger partial charge on any atom is 0.265 e. The number of hydrogen-bond donors (Lipinski definition) is 1. The van der Waals surface area contributed by atoms with Crippen LogP contribution in [0.2, 0.25) is 0 Å². The van der Waals surface area contributed by atoms with Crippen LogP contribution in [0.5, 0.6) is 0 Å². The van der Waals surface area contributed by atoms with E-state index in [4.69, 9.17) is 9.84 Å². The minimum absolute atomic E-state index is 0.135. The fourth-order valence-electron chi connectivity index (χ4n) is 0.817. The third-order valence-corrected chi connectivity index (χ3v) is 2.00. The monoisotopic (exact) mass is 182 g/mol. The van der Waals surface area contributed by atoms with Crippen molar-refractivity contribution in [2.24, 2.45) is 0 Å². The maximum atomic E-state index is 10.6. The standard InChI is InChI=1S/C5H10O5S/c1-11(7,8)10-5(2-6)3-9-4-5/h6H,2-4H2,1H3. The lowest BCUT2D eigenvalue weighted by atomic mass is 10.1. The fraction of sp³-hybridized carbons (Fsp3) is 1.00. The van der Waals surface area contributed by atoms with Crippen molar-refractivity contribution >= 4 is 10.1 Å². The van der Waals surface area contributed by atoms with E-state index in [1.54, 1.807) is 0 Å². The molecule has 1 aliphatic rings. The van der Waals surface area contributed by atoms with Gasteiger partial charge in [-0.1, -0.05) is 0 Å². The van der Waals surface area contributed by atoms with E-state index in [-0.39, 0.29) is 19.8 Å². The third-order valence-electron chi connectivity index (χ3n) is 1.35. The second-order valence-corrected chi connectivity index (χ2v) is 4.20. The first-order valence-electron chi connectivity index (χ1n) is 3.07. The van der Waals surface area contributed by atoms with Gasteiger partial charge in [0.25, 0.3) is 10.1 Å². The molecule has 0 bridgehead atoms. The lowest BCUT2D eigenvalue weighted by Crippen LogP contribution is -2.55. The summed E-state index contributed by atoms with van der Waals surface area (Å²) in [6.07, 6.45) is 0.947. The molecule has 0 aromatic rings. The second kappa shape index (κ2) is 2.71. The van der Waals surface area contributed by atoms with Gasteiger partial charge in [0.2, 0.25) is 0 Å². The van der Waals surface area contributed by atoms with Crippen LogP contribution in [0.4, 0.5) is 0 Å². The zero-order chi connectivity index (χ0) is 8.54. The molecule has 66 valence electrons. The van der Waals surface area contributed by atoms with E-state index in [0.29, 0.717) is 0 Å². The van der Waals surface area contributed by atoms with Gasteiger partial charge < -0.3 is 9.84 Å². The molecule has 6 heteroatoms. The van der Waals surface area contributed by atoms with Gasteiger partial charge in [-0.2, -0.15) is 8.42 Å². The van der Waals surface area contributed by atoms with Gasteiger partial charge in [0.15, 0.2) is 5.60 Å². The van der Waals surface area contributed by atoms with Crippen LogP contribution in [-0.4, -0.2) is 45.2 Å². The Morgan fingerprint density at radius 3 is 2.27 bits per heavy atom. The Morgan fingerprint density at radius 2 is 2.18 bits per heavy atom. The van der Waals surface area contributed by atoms with Crippen LogP contribution in [-0.2, 0) is 19.0 Å². The summed E-state index contributed by atoms with van der Waals surface area (Å²) in [5, 5.41) is 8.73. The van der Waals surface area contributed by atoms with Crippen molar-refractivity contribution in [2.45, 2.75) is 5.60 Å². The van der Waals surface area contributed by atoms with Gasteiger partial charge in [0.1, 0.15) is 0 Å². The first-order chi connectivity index (χ1) is 4.97. The van der Waals surface area contributed by atoms with Gasteiger partial charge in [-0.05, 0) is 0 Å². The van der Waals surface area contributed by atoms with Gasteiger partial charge in [0.05, 0.1) is 26.1 Å². The quantitative estimate of drug-likeness (QED) is 0.550. The van der Waals surface area contributed by atoms with E-state index in [0.717, 1.165) is 6.26 Å². The lowest BCUT2D eigenvalue weighted by molar-refractivity contribution is -0.177. The minimum atomic E-state index is -3.49. The molecule has 1 saturated heterocycles. The summed E-state index contributed by atoms with van der Waals surface area (Å²) in [6.45, 7) is -0.0623. The summed E-state index contributed by atoms with van der Waals surface area (Å²) in [5.41, 5.74) is -1.01. The first-order valence-corrected chi connectivity index (χ1v) is 4.88. The first kappa shape index (κ1) is 8.92. The highest BCUT2D eigenvalue weighted by Crippen LogP contribution is 2.22. The van der Waals surface area contributed by atoms with Crippen LogP contribution in [0.25, 0.3) is 0 Å². The normalized spacial score (nSPS) is 22.7. The number of rotatable bonds is 3. The molecule has 0 aliphatic carbocycles. The summed E-state index contributed by atoms with van der Waals surface area (Å²) >= 11 is 0. The fourth-order valence-corrected chi connectivity index (χ4v) is 1.61. The topological polar surface area (TPSA) is 72.8 Å². The average molecular weight is 182 g/mol. The molecule has 5 nitrogen and oxygen atoms in total. The Bertz CT molecular complexity index is 222. The zero-order valence-corrected chi connectivity index (χ0v) is 6.93. The van der Waals surface area contributed by atoms with E-state index >= 15 is 0 Å². The molecule has 1 rings (SSSR count). The molecular weight excluding hydrogens is 172 g/mol. The predicted molar refractivity (Wildman–Crippen MR) is 36.6 cm³/mol. The Balaban J connectivity index is 2.59. The van der Waals surface area contributed by atoms with Crippen molar-refractivity contribution in [1.82, 2.24) is 0 Å². The minimum Gasteiger partial charge on any atom is -0.393 e. The molecule has 1 heterocycles. The Hall–Kier alpha value is -0.170. The Kier molecular flexibility index (Phi) is 2.19. The largest absolute Gasteiger partial charge is 0.393 e. The zero-order valence-electron chi connectivity index (χ0n) is 6.11. The molecule has 11 heavy (non-hydrogen) atoms. The van der Waals surface area contributed by atoms with Crippen LogP contribution in [0, 0.1) is 0 Å². The molecule has 0 unspecified atom stereocenters. The molecule has 0 atom stereocenters. The van der Waals surface area contributed by atoms with Crippen LogP contribution in [0.15, 0.2) is 0 Å². The van der Waals surface area contributed by atoms with E-state index in [9.17, 15) is 8.42 Å². The van der Waals surface area contributed by atoms with Crippen LogP contribution >= 0.6 is 0 Å². The van der Waals surface area contributed by atoms with Crippen LogP contribution in [0.3, 0.4) is 0 Å². The molecule has 0 saturated carbocycles. The van der Waals surface area contributed by atoms with Crippen molar-refractivity contribution in [3.63, 3.8) is 0 Å². The molecule has 1 fully saturated rings. The van der Waals surface area contributed by atoms with Crippen LogP contribution < -0.4 is 0 Å². The molecule has 1 aliphatic heterocycles. The predicted octanol–water partition coefficient (Wildman–Crippen LogP) is -1.28. The lowest BCUT2D eigenvalue weighted by Gasteiger charge is -2.37. The highest BCUT2D eigenvalue weighted by atomic mass is 32.2. The Morgan fingerprint density at radius 1 is 1.64 bits per heavy atom. The molecule has 1 N–H and O–H groups in total. The summed E-state index contributed by atoms with van der Waals surface area (Å²) in [6, 6.07) is 0. The van der Waals surface area contributed by atoms with Gasteiger partial charge in [-0.25, -0.2) is 0 Å². The molecule has 0 aromatic heterocycles. The Labute approximate surface area is 65.0 Å². The average Bonchev–Trinajstić information content (AvgIpc) is 1.77. The van der Waals surface area contributed by atoms with Crippen molar-refractivity contribution in [1.29, 1.82) is 0 Å². The van der Waals surface area contributed by atoms with Gasteiger partial charge in [0, 0.05) is 0 Å². The van der Waals surface area contributed by atoms with Crippen LogP contribution in [0.1, 0.15) is 0 Å². The third kappa shape index (κ3) is 2.13. The summed E-state index contributed by atoms with van der Waals surface area (Å²) in [7, 11) is -3.49. The van der Waals surface area contributed by atoms with Crippen molar-refractivity contribution in [2.75, 3.05) is 26.1 Å². The second-order valence-electron chi connectivity index (χ2n) is 2.62. The highest BCUT2D eigenvalue weighted by Gasteiger charge is 2.42. The van der Waals surface area contributed by atoms with E-state index in [2.05, 4.69) is 4.18 Å². The SMILES string of the molecule is CS(=O)(=O)OC1(CO)COC1.